The first kappa shape index (κ1) is 16.5. The quantitative estimate of drug-likeness (QED) is 0.843. The molecule has 0 radical (unpaired) electrons. The van der Waals surface area contributed by atoms with Crippen LogP contribution >= 0.6 is 11.6 Å². The fourth-order valence-electron chi connectivity index (χ4n) is 1.24. The first-order valence-electron chi connectivity index (χ1n) is 5.33. The molecule has 1 aromatic carbocycles. The molecule has 0 spiro atoms. The molecule has 2 amide bonds. The molecule has 1 atom stereocenters. The molecule has 4 nitrogen and oxygen atoms in total. The van der Waals surface area contributed by atoms with Crippen LogP contribution in [0, 0.1) is 5.82 Å². The molecule has 0 bridgehead atoms. The topological polar surface area (TPSA) is 52.6 Å². The van der Waals surface area contributed by atoms with E-state index in [9.17, 15) is 22.4 Å². The van der Waals surface area contributed by atoms with Gasteiger partial charge in [-0.1, -0.05) is 11.6 Å². The minimum atomic E-state index is -4.81. The molecule has 0 saturated heterocycles. The predicted octanol–water partition coefficient (Wildman–Crippen LogP) is 2.87. The van der Waals surface area contributed by atoms with Crippen molar-refractivity contribution in [1.29, 1.82) is 0 Å². The molecular weight excluding hydrogens is 304 g/mol. The minimum Gasteiger partial charge on any atom is -0.382 e. The Morgan fingerprint density at radius 1 is 1.50 bits per heavy atom. The first-order chi connectivity index (χ1) is 9.11. The van der Waals surface area contributed by atoms with Crippen molar-refractivity contribution >= 4 is 23.3 Å². The van der Waals surface area contributed by atoms with E-state index in [0.29, 0.717) is 4.90 Å². The van der Waals surface area contributed by atoms with Crippen molar-refractivity contribution < 1.29 is 27.5 Å². The Labute approximate surface area is 116 Å². The number of carbonyl (C=O) groups is 1. The van der Waals surface area contributed by atoms with Crippen LogP contribution in [0.4, 0.5) is 28.0 Å². The largest absolute Gasteiger partial charge is 0.416 e. The standard InChI is InChI=1S/C11H11ClF4N2O2/c1-18(5-9(19)11(14,15)16)10(20)17-6-2-3-8(13)7(12)4-6/h2-4,9,19H,5H2,1H3,(H,17,20). The summed E-state index contributed by atoms with van der Waals surface area (Å²) in [6.45, 7) is -0.926. The Morgan fingerprint density at radius 2 is 2.10 bits per heavy atom. The van der Waals surface area contributed by atoms with Crippen molar-refractivity contribution in [3.63, 3.8) is 0 Å². The summed E-state index contributed by atoms with van der Waals surface area (Å²) < 4.78 is 49.3. The lowest BCUT2D eigenvalue weighted by molar-refractivity contribution is -0.205. The van der Waals surface area contributed by atoms with Crippen molar-refractivity contribution in [2.75, 3.05) is 18.9 Å². The number of aliphatic hydroxyl groups excluding tert-OH is 1. The number of hydrogen-bond donors (Lipinski definition) is 2. The summed E-state index contributed by atoms with van der Waals surface area (Å²) in [6.07, 6.45) is -7.46. The predicted molar refractivity (Wildman–Crippen MR) is 65.1 cm³/mol. The van der Waals surface area contributed by atoms with E-state index in [1.165, 1.54) is 6.07 Å². The van der Waals surface area contributed by atoms with E-state index in [0.717, 1.165) is 19.2 Å². The lowest BCUT2D eigenvalue weighted by Gasteiger charge is -2.22. The van der Waals surface area contributed by atoms with Crippen molar-refractivity contribution in [1.82, 2.24) is 4.90 Å². The van der Waals surface area contributed by atoms with Gasteiger partial charge < -0.3 is 15.3 Å². The van der Waals surface area contributed by atoms with E-state index in [1.807, 2.05) is 0 Å². The third-order valence-corrected chi connectivity index (χ3v) is 2.63. The van der Waals surface area contributed by atoms with Gasteiger partial charge in [-0.15, -0.1) is 0 Å². The van der Waals surface area contributed by atoms with Crippen molar-refractivity contribution in [3.05, 3.63) is 29.0 Å². The van der Waals surface area contributed by atoms with Crippen molar-refractivity contribution in [2.24, 2.45) is 0 Å². The van der Waals surface area contributed by atoms with Gasteiger partial charge in [0, 0.05) is 12.7 Å². The fraction of sp³-hybridized carbons (Fsp3) is 0.364. The van der Waals surface area contributed by atoms with Gasteiger partial charge in [-0.25, -0.2) is 9.18 Å². The highest BCUT2D eigenvalue weighted by Gasteiger charge is 2.39. The van der Waals surface area contributed by atoms with Crippen LogP contribution in [0.1, 0.15) is 0 Å². The maximum Gasteiger partial charge on any atom is 0.416 e. The number of amides is 2. The summed E-state index contributed by atoms with van der Waals surface area (Å²) in [6, 6.07) is 2.43. The van der Waals surface area contributed by atoms with Crippen LogP contribution in [0.3, 0.4) is 0 Å². The van der Waals surface area contributed by atoms with E-state index < -0.39 is 30.7 Å². The average molecular weight is 315 g/mol. The van der Waals surface area contributed by atoms with Crippen molar-refractivity contribution in [3.8, 4) is 0 Å². The number of benzene rings is 1. The van der Waals surface area contributed by atoms with Crippen LogP contribution in [-0.4, -0.2) is 41.9 Å². The zero-order chi connectivity index (χ0) is 15.5. The average Bonchev–Trinajstić information content (AvgIpc) is 2.32. The molecule has 20 heavy (non-hydrogen) atoms. The van der Waals surface area contributed by atoms with E-state index >= 15 is 0 Å². The second kappa shape index (κ2) is 6.27. The summed E-state index contributed by atoms with van der Waals surface area (Å²) in [5.74, 6) is -0.689. The molecule has 1 aromatic rings. The Kier molecular flexibility index (Phi) is 5.18. The van der Waals surface area contributed by atoms with Crippen LogP contribution in [0.5, 0.6) is 0 Å². The van der Waals surface area contributed by atoms with Gasteiger partial charge in [-0.2, -0.15) is 13.2 Å². The summed E-state index contributed by atoms with van der Waals surface area (Å²) in [5, 5.41) is 10.8. The molecule has 112 valence electrons. The maximum absolute atomic E-state index is 12.9. The lowest BCUT2D eigenvalue weighted by Crippen LogP contribution is -2.43. The lowest BCUT2D eigenvalue weighted by atomic mass is 10.3. The summed E-state index contributed by atoms with van der Waals surface area (Å²) >= 11 is 5.49. The van der Waals surface area contributed by atoms with Gasteiger partial charge in [0.25, 0.3) is 0 Å². The smallest absolute Gasteiger partial charge is 0.382 e. The number of anilines is 1. The number of nitrogens with zero attached hydrogens (tertiary/aromatic N) is 1. The fourth-order valence-corrected chi connectivity index (χ4v) is 1.42. The SMILES string of the molecule is CN(CC(O)C(F)(F)F)C(=O)Nc1ccc(F)c(Cl)c1. The number of alkyl halides is 3. The molecule has 9 heteroatoms. The molecule has 0 aliphatic rings. The Morgan fingerprint density at radius 3 is 2.60 bits per heavy atom. The third-order valence-electron chi connectivity index (χ3n) is 2.34. The van der Waals surface area contributed by atoms with E-state index in [2.05, 4.69) is 5.32 Å². The highest BCUT2D eigenvalue weighted by molar-refractivity contribution is 6.31. The molecule has 1 rings (SSSR count). The van der Waals surface area contributed by atoms with Gasteiger partial charge in [0.1, 0.15) is 5.82 Å². The first-order valence-corrected chi connectivity index (χ1v) is 5.71. The Balaban J connectivity index is 2.64. The number of hydrogen-bond acceptors (Lipinski definition) is 2. The van der Waals surface area contributed by atoms with Crippen LogP contribution in [0.25, 0.3) is 0 Å². The molecule has 0 saturated carbocycles. The number of halogens is 5. The number of carbonyl (C=O) groups excluding carboxylic acids is 1. The van der Waals surface area contributed by atoms with Gasteiger partial charge in [0.15, 0.2) is 6.10 Å². The van der Waals surface area contributed by atoms with Crippen LogP contribution < -0.4 is 5.32 Å². The summed E-state index contributed by atoms with van der Waals surface area (Å²) in [4.78, 5) is 12.2. The highest BCUT2D eigenvalue weighted by atomic mass is 35.5. The number of nitrogens with one attached hydrogen (secondary N) is 1. The normalized spacial score (nSPS) is 12.9. The van der Waals surface area contributed by atoms with Crippen LogP contribution in [0.15, 0.2) is 18.2 Å². The van der Waals surface area contributed by atoms with Gasteiger partial charge in [0.2, 0.25) is 0 Å². The zero-order valence-corrected chi connectivity index (χ0v) is 11.0. The van der Waals surface area contributed by atoms with E-state index in [-0.39, 0.29) is 10.7 Å². The number of likely N-dealkylation sites (N-methyl/N-ethyl adjacent to an activating group) is 1. The molecule has 0 aliphatic carbocycles. The highest BCUT2D eigenvalue weighted by Crippen LogP contribution is 2.21. The molecule has 0 heterocycles. The molecule has 0 fully saturated rings. The Bertz CT molecular complexity index is 496. The minimum absolute atomic E-state index is 0.120. The molecule has 1 unspecified atom stereocenters. The number of rotatable bonds is 3. The second-order valence-corrected chi connectivity index (χ2v) is 4.40. The number of urea groups is 1. The molecule has 0 aliphatic heterocycles. The third kappa shape index (κ3) is 4.53. The van der Waals surface area contributed by atoms with Gasteiger partial charge in [-0.05, 0) is 18.2 Å². The summed E-state index contributed by atoms with van der Waals surface area (Å²) in [5.41, 5.74) is 0.120. The van der Waals surface area contributed by atoms with E-state index in [1.54, 1.807) is 0 Å². The van der Waals surface area contributed by atoms with Crippen molar-refractivity contribution in [2.45, 2.75) is 12.3 Å². The molecule has 2 N–H and O–H groups in total. The van der Waals surface area contributed by atoms with Gasteiger partial charge >= 0.3 is 12.2 Å². The van der Waals surface area contributed by atoms with Crippen LogP contribution in [0.2, 0.25) is 5.02 Å². The van der Waals surface area contributed by atoms with Crippen LogP contribution in [-0.2, 0) is 0 Å². The zero-order valence-electron chi connectivity index (χ0n) is 10.2. The summed E-state index contributed by atoms with van der Waals surface area (Å²) in [7, 11) is 1.08. The maximum atomic E-state index is 12.9. The van der Waals surface area contributed by atoms with Gasteiger partial charge in [0.05, 0.1) is 11.6 Å². The number of aliphatic hydroxyl groups is 1. The monoisotopic (exact) mass is 314 g/mol. The van der Waals surface area contributed by atoms with E-state index in [4.69, 9.17) is 16.7 Å². The molecule has 0 aromatic heterocycles. The van der Waals surface area contributed by atoms with Gasteiger partial charge in [-0.3, -0.25) is 0 Å². The second-order valence-electron chi connectivity index (χ2n) is 4.00. The molecular formula is C11H11ClF4N2O2. The Hall–Kier alpha value is -1.54.